The monoisotopic (exact) mass is 437 g/mol. The Labute approximate surface area is 174 Å². The zero-order valence-electron chi connectivity index (χ0n) is 15.7. The molecule has 30 heavy (non-hydrogen) atoms. The van der Waals surface area contributed by atoms with E-state index in [2.05, 4.69) is 20.6 Å². The lowest BCUT2D eigenvalue weighted by Gasteiger charge is -2.14. The molecule has 7 nitrogen and oxygen atoms in total. The molecule has 1 aromatic heterocycles. The molecule has 1 heterocycles. The van der Waals surface area contributed by atoms with Gasteiger partial charge in [0.1, 0.15) is 6.33 Å². The van der Waals surface area contributed by atoms with Crippen LogP contribution >= 0.6 is 11.6 Å². The highest BCUT2D eigenvalue weighted by molar-refractivity contribution is 6.33. The summed E-state index contributed by atoms with van der Waals surface area (Å²) in [7, 11) is 0. The van der Waals surface area contributed by atoms with Gasteiger partial charge >= 0.3 is 11.9 Å². The largest absolute Gasteiger partial charge is 0.416 e. The van der Waals surface area contributed by atoms with E-state index in [1.165, 1.54) is 0 Å². The maximum Gasteiger partial charge on any atom is 0.416 e. The number of nitrogens with zero attached hydrogens (tertiary/aromatic N) is 3. The molecule has 11 heteroatoms. The Kier molecular flexibility index (Phi) is 5.79. The van der Waals surface area contributed by atoms with Gasteiger partial charge in [0.2, 0.25) is 11.6 Å². The number of nitrogens with one attached hydrogen (secondary N) is 2. The normalized spacial score (nSPS) is 11.3. The minimum absolute atomic E-state index is 0.0556. The number of benzene rings is 2. The van der Waals surface area contributed by atoms with Gasteiger partial charge in [-0.15, -0.1) is 0 Å². The molecule has 0 aliphatic carbocycles. The third-order valence-corrected chi connectivity index (χ3v) is 4.74. The smallest absolute Gasteiger partial charge is 0.334 e. The molecular weight excluding hydrogens is 423 g/mol. The average Bonchev–Trinajstić information content (AvgIpc) is 2.66. The number of nitro groups is 1. The van der Waals surface area contributed by atoms with Crippen molar-refractivity contribution in [2.24, 2.45) is 0 Å². The van der Waals surface area contributed by atoms with Crippen molar-refractivity contribution in [3.8, 4) is 0 Å². The second-order valence-corrected chi connectivity index (χ2v) is 6.77. The van der Waals surface area contributed by atoms with E-state index in [4.69, 9.17) is 11.6 Å². The van der Waals surface area contributed by atoms with E-state index in [9.17, 15) is 23.3 Å². The molecule has 0 aliphatic rings. The molecule has 3 aromatic rings. The van der Waals surface area contributed by atoms with Crippen molar-refractivity contribution < 1.29 is 18.1 Å². The second-order valence-electron chi connectivity index (χ2n) is 6.37. The second kappa shape index (κ2) is 8.15. The van der Waals surface area contributed by atoms with E-state index in [1.807, 2.05) is 19.9 Å². The fourth-order valence-corrected chi connectivity index (χ4v) is 2.84. The molecule has 0 spiro atoms. The lowest BCUT2D eigenvalue weighted by molar-refractivity contribution is -0.383. The van der Waals surface area contributed by atoms with Crippen LogP contribution in [0.3, 0.4) is 0 Å². The van der Waals surface area contributed by atoms with Gasteiger partial charge in [-0.25, -0.2) is 9.97 Å². The molecule has 0 amide bonds. The van der Waals surface area contributed by atoms with Gasteiger partial charge in [-0.1, -0.05) is 23.7 Å². The topological polar surface area (TPSA) is 93.0 Å². The van der Waals surface area contributed by atoms with Crippen LogP contribution in [0.4, 0.5) is 41.9 Å². The highest BCUT2D eigenvalue weighted by Crippen LogP contribution is 2.38. The molecule has 2 aromatic carbocycles. The number of anilines is 4. The number of halogens is 4. The molecule has 0 fully saturated rings. The Bertz CT molecular complexity index is 1120. The zero-order valence-corrected chi connectivity index (χ0v) is 16.5. The summed E-state index contributed by atoms with van der Waals surface area (Å²) in [6.45, 7) is 3.73. The first-order valence-corrected chi connectivity index (χ1v) is 8.92. The quantitative estimate of drug-likeness (QED) is 0.366. The summed E-state index contributed by atoms with van der Waals surface area (Å²) < 4.78 is 39.0. The highest BCUT2D eigenvalue weighted by atomic mass is 35.5. The van der Waals surface area contributed by atoms with Crippen LogP contribution in [-0.4, -0.2) is 14.9 Å². The summed E-state index contributed by atoms with van der Waals surface area (Å²) in [6, 6.07) is 8.01. The van der Waals surface area contributed by atoms with Crippen molar-refractivity contribution in [1.29, 1.82) is 0 Å². The average molecular weight is 438 g/mol. The van der Waals surface area contributed by atoms with Gasteiger partial charge < -0.3 is 10.6 Å². The maximum atomic E-state index is 13.0. The van der Waals surface area contributed by atoms with Crippen LogP contribution in [0.1, 0.15) is 16.7 Å². The molecule has 0 bridgehead atoms. The Hall–Kier alpha value is -3.40. The fourth-order valence-electron chi connectivity index (χ4n) is 2.67. The number of aromatic nitrogens is 2. The number of rotatable bonds is 5. The van der Waals surface area contributed by atoms with Crippen LogP contribution in [-0.2, 0) is 6.18 Å². The van der Waals surface area contributed by atoms with Gasteiger partial charge in [0.15, 0.2) is 0 Å². The van der Waals surface area contributed by atoms with Gasteiger partial charge in [-0.2, -0.15) is 13.2 Å². The molecule has 0 atom stereocenters. The van der Waals surface area contributed by atoms with Crippen molar-refractivity contribution in [1.82, 2.24) is 9.97 Å². The van der Waals surface area contributed by atoms with Crippen LogP contribution < -0.4 is 10.6 Å². The van der Waals surface area contributed by atoms with Crippen LogP contribution in [0.15, 0.2) is 42.7 Å². The van der Waals surface area contributed by atoms with Crippen molar-refractivity contribution in [3.63, 3.8) is 0 Å². The third kappa shape index (κ3) is 4.43. The predicted octanol–water partition coefficient (Wildman–Crippen LogP) is 6.16. The summed E-state index contributed by atoms with van der Waals surface area (Å²) in [4.78, 5) is 18.8. The number of hydrogen-bond acceptors (Lipinski definition) is 6. The van der Waals surface area contributed by atoms with Crippen LogP contribution in [0.25, 0.3) is 0 Å². The van der Waals surface area contributed by atoms with E-state index < -0.39 is 22.4 Å². The van der Waals surface area contributed by atoms with E-state index in [0.29, 0.717) is 5.69 Å². The van der Waals surface area contributed by atoms with Gasteiger partial charge in [-0.05, 0) is 49.2 Å². The lowest BCUT2D eigenvalue weighted by Crippen LogP contribution is -2.08. The third-order valence-electron chi connectivity index (χ3n) is 4.41. The molecular formula is C19H15ClF3N5O2. The standard InChI is InChI=1S/C19H15ClF3N5O2/c1-10-4-3-5-14(11(10)2)26-17-16(28(29)30)18(25-9-24-17)27-15-8-12(19(21,22)23)6-7-13(15)20/h3-9H,1-2H3,(H2,24,25,26,27). The Balaban J connectivity index is 2.04. The predicted molar refractivity (Wildman–Crippen MR) is 108 cm³/mol. The molecule has 2 N–H and O–H groups in total. The molecule has 3 rings (SSSR count). The molecule has 0 saturated carbocycles. The highest BCUT2D eigenvalue weighted by Gasteiger charge is 2.31. The Morgan fingerprint density at radius 2 is 1.67 bits per heavy atom. The first-order chi connectivity index (χ1) is 14.1. The van der Waals surface area contributed by atoms with Crippen LogP contribution in [0, 0.1) is 24.0 Å². The summed E-state index contributed by atoms with van der Waals surface area (Å²) >= 11 is 5.98. The Morgan fingerprint density at radius 3 is 2.27 bits per heavy atom. The van der Waals surface area contributed by atoms with E-state index in [1.54, 1.807) is 12.1 Å². The number of alkyl halides is 3. The number of aryl methyl sites for hydroxylation is 1. The molecule has 0 aliphatic heterocycles. The van der Waals surface area contributed by atoms with Crippen molar-refractivity contribution in [3.05, 3.63) is 74.6 Å². The lowest BCUT2D eigenvalue weighted by atomic mass is 10.1. The SMILES string of the molecule is Cc1cccc(Nc2ncnc(Nc3cc(C(F)(F)F)ccc3Cl)c2[N+](=O)[O-])c1C. The van der Waals surface area contributed by atoms with E-state index in [-0.39, 0.29) is 22.3 Å². The van der Waals surface area contributed by atoms with Crippen molar-refractivity contribution in [2.45, 2.75) is 20.0 Å². The van der Waals surface area contributed by atoms with Gasteiger partial charge in [0, 0.05) is 5.69 Å². The Morgan fingerprint density at radius 1 is 1.03 bits per heavy atom. The van der Waals surface area contributed by atoms with E-state index in [0.717, 1.165) is 35.7 Å². The van der Waals surface area contributed by atoms with Gasteiger partial charge in [-0.3, -0.25) is 10.1 Å². The summed E-state index contributed by atoms with van der Waals surface area (Å²) in [5.74, 6) is -0.418. The van der Waals surface area contributed by atoms with Crippen molar-refractivity contribution >= 4 is 40.3 Å². The molecule has 0 saturated heterocycles. The summed E-state index contributed by atoms with van der Waals surface area (Å²) in [5.41, 5.74) is 0.754. The van der Waals surface area contributed by atoms with Crippen LogP contribution in [0.2, 0.25) is 5.02 Å². The van der Waals surface area contributed by atoms with Gasteiger partial charge in [0.05, 0.1) is 21.2 Å². The first-order valence-electron chi connectivity index (χ1n) is 8.54. The minimum Gasteiger partial charge on any atom is -0.334 e. The van der Waals surface area contributed by atoms with Crippen molar-refractivity contribution in [2.75, 3.05) is 10.6 Å². The van der Waals surface area contributed by atoms with Crippen LogP contribution in [0.5, 0.6) is 0 Å². The zero-order chi connectivity index (χ0) is 22.1. The van der Waals surface area contributed by atoms with E-state index >= 15 is 0 Å². The fraction of sp³-hybridized carbons (Fsp3) is 0.158. The summed E-state index contributed by atoms with van der Waals surface area (Å²) in [6.07, 6.45) is -3.54. The summed E-state index contributed by atoms with van der Waals surface area (Å²) in [5, 5.41) is 17.1. The molecule has 0 radical (unpaired) electrons. The molecule has 0 unspecified atom stereocenters. The maximum absolute atomic E-state index is 13.0. The number of hydrogen-bond donors (Lipinski definition) is 2. The van der Waals surface area contributed by atoms with Gasteiger partial charge in [0.25, 0.3) is 0 Å². The minimum atomic E-state index is -4.60. The molecule has 156 valence electrons. The first kappa shape index (κ1) is 21.3.